The molecule has 0 saturated heterocycles. The van der Waals surface area contributed by atoms with Crippen LogP contribution in [0.4, 0.5) is 4.39 Å². The Morgan fingerprint density at radius 3 is 2.65 bits per heavy atom. The maximum atomic E-state index is 13.0. The van der Waals surface area contributed by atoms with Gasteiger partial charge in [-0.1, -0.05) is 25.0 Å². The fraction of sp³-hybridized carbons (Fsp3) is 0.389. The summed E-state index contributed by atoms with van der Waals surface area (Å²) in [6.07, 6.45) is 5.22. The molecule has 0 aliphatic heterocycles. The van der Waals surface area contributed by atoms with Gasteiger partial charge in [-0.15, -0.1) is 0 Å². The summed E-state index contributed by atoms with van der Waals surface area (Å²) in [6, 6.07) is 7.56. The van der Waals surface area contributed by atoms with Gasteiger partial charge >= 0.3 is 0 Å². The Kier molecular flexibility index (Phi) is 4.76. The lowest BCUT2D eigenvalue weighted by atomic mass is 10.0. The van der Waals surface area contributed by atoms with E-state index in [1.165, 1.54) is 18.4 Å². The molecule has 1 aromatic heterocycles. The molecule has 1 heterocycles. The van der Waals surface area contributed by atoms with Gasteiger partial charge in [-0.2, -0.15) is 0 Å². The van der Waals surface area contributed by atoms with E-state index in [4.69, 9.17) is 4.42 Å². The third-order valence-corrected chi connectivity index (χ3v) is 4.44. The number of hydrogen-bond donors (Lipinski definition) is 2. The van der Waals surface area contributed by atoms with Crippen LogP contribution in [0.1, 0.15) is 36.2 Å². The summed E-state index contributed by atoms with van der Waals surface area (Å²) in [5, 5.41) is 12.9. The van der Waals surface area contributed by atoms with Gasteiger partial charge in [0.25, 0.3) is 5.91 Å². The average Bonchev–Trinajstić information content (AvgIpc) is 3.24. The van der Waals surface area contributed by atoms with Gasteiger partial charge in [0.15, 0.2) is 5.76 Å². The Bertz CT molecular complexity index is 659. The number of aliphatic hydroxyl groups is 1. The summed E-state index contributed by atoms with van der Waals surface area (Å²) in [4.78, 5) is 12.3. The minimum absolute atomic E-state index is 0.176. The van der Waals surface area contributed by atoms with Gasteiger partial charge in [0.05, 0.1) is 12.4 Å². The van der Waals surface area contributed by atoms with Crippen LogP contribution in [0.5, 0.6) is 0 Å². The molecular weight excluding hydrogens is 297 g/mol. The summed E-state index contributed by atoms with van der Waals surface area (Å²) in [7, 11) is 0. The second kappa shape index (κ2) is 6.96. The Hall–Kier alpha value is -2.14. The van der Waals surface area contributed by atoms with Gasteiger partial charge in [-0.05, 0) is 42.5 Å². The summed E-state index contributed by atoms with van der Waals surface area (Å²) < 4.78 is 18.3. The molecule has 1 aliphatic carbocycles. The molecule has 1 amide bonds. The summed E-state index contributed by atoms with van der Waals surface area (Å²) in [5.41, 5.74) is 1.32. The lowest BCUT2D eigenvalue weighted by Crippen LogP contribution is -2.35. The number of carbonyl (C=O) groups is 1. The molecule has 0 bridgehead atoms. The van der Waals surface area contributed by atoms with Crippen LogP contribution >= 0.6 is 0 Å². The standard InChI is InChI=1S/C18H20FNO3/c19-14-7-5-12(6-8-14)15-9-10-23-17(15)18(22)20-11-16(21)13-3-1-2-4-13/h5-10,13,16,21H,1-4,11H2,(H,20,22). The quantitative estimate of drug-likeness (QED) is 0.889. The monoisotopic (exact) mass is 317 g/mol. The first-order valence-corrected chi connectivity index (χ1v) is 7.95. The molecule has 3 rings (SSSR count). The predicted molar refractivity (Wildman–Crippen MR) is 84.4 cm³/mol. The van der Waals surface area contributed by atoms with Gasteiger partial charge in [0.2, 0.25) is 0 Å². The van der Waals surface area contributed by atoms with Gasteiger partial charge < -0.3 is 14.8 Å². The number of rotatable bonds is 5. The molecule has 1 saturated carbocycles. The molecule has 0 spiro atoms. The van der Waals surface area contributed by atoms with E-state index in [1.54, 1.807) is 18.2 Å². The van der Waals surface area contributed by atoms with Crippen LogP contribution in [0, 0.1) is 11.7 Å². The number of aliphatic hydroxyl groups excluding tert-OH is 1. The third-order valence-electron chi connectivity index (χ3n) is 4.44. The Balaban J connectivity index is 1.66. The molecule has 1 fully saturated rings. The summed E-state index contributed by atoms with van der Waals surface area (Å²) in [6.45, 7) is 0.215. The molecule has 4 nitrogen and oxygen atoms in total. The van der Waals surface area contributed by atoms with Gasteiger partial charge in [0, 0.05) is 12.1 Å². The largest absolute Gasteiger partial charge is 0.459 e. The smallest absolute Gasteiger partial charge is 0.287 e. The third kappa shape index (κ3) is 3.62. The van der Waals surface area contributed by atoms with Crippen LogP contribution in [-0.2, 0) is 0 Å². The maximum absolute atomic E-state index is 13.0. The van der Waals surface area contributed by atoms with E-state index in [2.05, 4.69) is 5.32 Å². The normalized spacial score (nSPS) is 16.4. The summed E-state index contributed by atoms with van der Waals surface area (Å²) >= 11 is 0. The fourth-order valence-electron chi connectivity index (χ4n) is 3.13. The van der Waals surface area contributed by atoms with Crippen LogP contribution in [0.2, 0.25) is 0 Å². The molecule has 1 aliphatic rings. The first-order chi connectivity index (χ1) is 11.1. The number of nitrogens with one attached hydrogen (secondary N) is 1. The Labute approximate surface area is 134 Å². The van der Waals surface area contributed by atoms with Crippen molar-refractivity contribution in [2.75, 3.05) is 6.54 Å². The van der Waals surface area contributed by atoms with Crippen molar-refractivity contribution in [1.29, 1.82) is 0 Å². The zero-order valence-electron chi connectivity index (χ0n) is 12.8. The second-order valence-corrected chi connectivity index (χ2v) is 5.99. The highest BCUT2D eigenvalue weighted by Crippen LogP contribution is 2.28. The number of furan rings is 1. The van der Waals surface area contributed by atoms with E-state index in [-0.39, 0.29) is 29.9 Å². The highest BCUT2D eigenvalue weighted by atomic mass is 19.1. The zero-order valence-corrected chi connectivity index (χ0v) is 12.8. The van der Waals surface area contributed by atoms with E-state index in [0.29, 0.717) is 11.1 Å². The van der Waals surface area contributed by atoms with E-state index in [0.717, 1.165) is 25.7 Å². The molecule has 2 N–H and O–H groups in total. The topological polar surface area (TPSA) is 62.5 Å². The van der Waals surface area contributed by atoms with Crippen molar-refractivity contribution < 1.29 is 18.7 Å². The minimum Gasteiger partial charge on any atom is -0.459 e. The maximum Gasteiger partial charge on any atom is 0.287 e. The molecule has 1 aromatic carbocycles. The van der Waals surface area contributed by atoms with Crippen molar-refractivity contribution in [3.05, 3.63) is 48.2 Å². The number of benzene rings is 1. The molecule has 23 heavy (non-hydrogen) atoms. The molecule has 2 aromatic rings. The van der Waals surface area contributed by atoms with E-state index in [9.17, 15) is 14.3 Å². The molecule has 1 atom stereocenters. The predicted octanol–water partition coefficient (Wildman–Crippen LogP) is 3.37. The van der Waals surface area contributed by atoms with Crippen LogP contribution in [0.15, 0.2) is 41.0 Å². The van der Waals surface area contributed by atoms with Crippen molar-refractivity contribution in [3.63, 3.8) is 0 Å². The first kappa shape index (κ1) is 15.7. The highest BCUT2D eigenvalue weighted by molar-refractivity contribution is 5.98. The van der Waals surface area contributed by atoms with E-state index >= 15 is 0 Å². The van der Waals surface area contributed by atoms with Crippen molar-refractivity contribution in [2.24, 2.45) is 5.92 Å². The number of carbonyl (C=O) groups excluding carboxylic acids is 1. The van der Waals surface area contributed by atoms with Crippen LogP contribution in [0.25, 0.3) is 11.1 Å². The molecule has 1 unspecified atom stereocenters. The van der Waals surface area contributed by atoms with Crippen molar-refractivity contribution >= 4 is 5.91 Å². The van der Waals surface area contributed by atoms with Gasteiger partial charge in [0.1, 0.15) is 5.82 Å². The zero-order chi connectivity index (χ0) is 16.2. The van der Waals surface area contributed by atoms with Crippen molar-refractivity contribution in [2.45, 2.75) is 31.8 Å². The van der Waals surface area contributed by atoms with Crippen molar-refractivity contribution in [3.8, 4) is 11.1 Å². The van der Waals surface area contributed by atoms with E-state index < -0.39 is 6.10 Å². The molecule has 122 valence electrons. The summed E-state index contributed by atoms with van der Waals surface area (Å²) in [5.74, 6) is -0.256. The minimum atomic E-state index is -0.523. The Morgan fingerprint density at radius 2 is 1.96 bits per heavy atom. The van der Waals surface area contributed by atoms with Crippen LogP contribution in [0.3, 0.4) is 0 Å². The second-order valence-electron chi connectivity index (χ2n) is 5.99. The molecule has 0 radical (unpaired) electrons. The number of halogens is 1. The van der Waals surface area contributed by atoms with Crippen LogP contribution < -0.4 is 5.32 Å². The highest BCUT2D eigenvalue weighted by Gasteiger charge is 2.24. The van der Waals surface area contributed by atoms with Gasteiger partial charge in [-0.3, -0.25) is 4.79 Å². The number of hydrogen-bond acceptors (Lipinski definition) is 3. The molecule has 5 heteroatoms. The Morgan fingerprint density at radius 1 is 1.26 bits per heavy atom. The number of amides is 1. The van der Waals surface area contributed by atoms with Crippen molar-refractivity contribution in [1.82, 2.24) is 5.32 Å². The first-order valence-electron chi connectivity index (χ1n) is 7.95. The SMILES string of the molecule is O=C(NCC(O)C1CCCC1)c1occc1-c1ccc(F)cc1. The van der Waals surface area contributed by atoms with Crippen LogP contribution in [-0.4, -0.2) is 23.7 Å². The lowest BCUT2D eigenvalue weighted by Gasteiger charge is -2.17. The lowest BCUT2D eigenvalue weighted by molar-refractivity contribution is 0.0819. The average molecular weight is 317 g/mol. The van der Waals surface area contributed by atoms with E-state index in [1.807, 2.05) is 0 Å². The molecular formula is C18H20FNO3. The van der Waals surface area contributed by atoms with Gasteiger partial charge in [-0.25, -0.2) is 4.39 Å². The fourth-order valence-corrected chi connectivity index (χ4v) is 3.13.